The number of aromatic nitrogens is 1. The van der Waals surface area contributed by atoms with Gasteiger partial charge in [0.1, 0.15) is 0 Å². The Morgan fingerprint density at radius 2 is 2.00 bits per heavy atom. The van der Waals surface area contributed by atoms with Gasteiger partial charge in [-0.05, 0) is 61.4 Å². The van der Waals surface area contributed by atoms with E-state index in [2.05, 4.69) is 15.9 Å². The Bertz CT molecular complexity index is 1020. The highest BCUT2D eigenvalue weighted by Crippen LogP contribution is 2.33. The van der Waals surface area contributed by atoms with Crippen molar-refractivity contribution in [3.05, 3.63) is 57.8 Å². The third-order valence-corrected chi connectivity index (χ3v) is 4.88. The first kappa shape index (κ1) is 19.3. The third kappa shape index (κ3) is 3.95. The molecule has 0 aliphatic heterocycles. The van der Waals surface area contributed by atoms with Gasteiger partial charge in [0.25, 0.3) is 0 Å². The number of fused-ring (bicyclic) bond motifs is 1. The molecule has 0 unspecified atom stereocenters. The smallest absolute Gasteiger partial charge is 0.310 e. The fraction of sp³-hybridized carbons (Fsp3) is 0.238. The summed E-state index contributed by atoms with van der Waals surface area (Å²) in [4.78, 5) is 16.9. The molecule has 3 rings (SSSR count). The number of methoxy groups -OCH3 is 1. The van der Waals surface area contributed by atoms with Crippen LogP contribution in [-0.4, -0.2) is 24.7 Å². The third-order valence-electron chi connectivity index (χ3n) is 4.38. The van der Waals surface area contributed by atoms with Crippen molar-refractivity contribution in [2.75, 3.05) is 13.7 Å². The molecule has 6 heteroatoms. The zero-order chi connectivity index (χ0) is 19.6. The van der Waals surface area contributed by atoms with Gasteiger partial charge >= 0.3 is 5.97 Å². The summed E-state index contributed by atoms with van der Waals surface area (Å²) in [5.74, 6) is -0.647. The highest BCUT2D eigenvalue weighted by atomic mass is 79.9. The number of pyridine rings is 1. The Hall–Kier alpha value is -2.47. The molecule has 1 heterocycles. The average molecular weight is 432 g/mol. The van der Waals surface area contributed by atoms with Gasteiger partial charge in [-0.1, -0.05) is 15.9 Å². The van der Waals surface area contributed by atoms with E-state index in [4.69, 9.17) is 14.5 Å². The lowest BCUT2D eigenvalue weighted by molar-refractivity contribution is -0.142. The molecule has 0 spiro atoms. The van der Waals surface area contributed by atoms with Crippen LogP contribution in [0.4, 0.5) is 4.39 Å². The molecule has 0 N–H and O–H groups in total. The van der Waals surface area contributed by atoms with E-state index in [1.807, 2.05) is 25.1 Å². The van der Waals surface area contributed by atoms with Crippen LogP contribution in [-0.2, 0) is 16.0 Å². The predicted molar refractivity (Wildman–Crippen MR) is 106 cm³/mol. The summed E-state index contributed by atoms with van der Waals surface area (Å²) in [5.41, 5.74) is 3.79. The summed E-state index contributed by atoms with van der Waals surface area (Å²) in [7, 11) is 1.41. The lowest BCUT2D eigenvalue weighted by Gasteiger charge is -2.16. The lowest BCUT2D eigenvalue weighted by Crippen LogP contribution is -2.11. The average Bonchev–Trinajstić information content (AvgIpc) is 2.65. The van der Waals surface area contributed by atoms with Crippen LogP contribution < -0.4 is 4.74 Å². The van der Waals surface area contributed by atoms with Gasteiger partial charge in [-0.15, -0.1) is 0 Å². The van der Waals surface area contributed by atoms with Crippen LogP contribution in [0.2, 0.25) is 0 Å². The van der Waals surface area contributed by atoms with Gasteiger partial charge in [0, 0.05) is 15.4 Å². The van der Waals surface area contributed by atoms with Gasteiger partial charge < -0.3 is 9.47 Å². The standard InChI is InChI=1S/C21H19BrFNO3/c1-4-27-20(25)11-16-12(2)15-10-14(22)6-8-18(15)24-21(16)13-5-7-17(23)19(9-13)26-3/h5-10H,4,11H2,1-3H3. The van der Waals surface area contributed by atoms with Gasteiger partial charge in [0.05, 0.1) is 31.3 Å². The summed E-state index contributed by atoms with van der Waals surface area (Å²) in [6, 6.07) is 10.4. The number of carbonyl (C=O) groups is 1. The topological polar surface area (TPSA) is 48.4 Å². The van der Waals surface area contributed by atoms with Crippen LogP contribution in [0.3, 0.4) is 0 Å². The Morgan fingerprint density at radius 1 is 1.22 bits per heavy atom. The fourth-order valence-electron chi connectivity index (χ4n) is 3.05. The SMILES string of the molecule is CCOC(=O)Cc1c(-c2ccc(F)c(OC)c2)nc2ccc(Br)cc2c1C. The van der Waals surface area contributed by atoms with Crippen molar-refractivity contribution in [1.29, 1.82) is 0 Å². The number of rotatable bonds is 5. The minimum Gasteiger partial charge on any atom is -0.494 e. The van der Waals surface area contributed by atoms with Crippen LogP contribution in [0.1, 0.15) is 18.1 Å². The molecule has 140 valence electrons. The number of hydrogen-bond donors (Lipinski definition) is 0. The minimum atomic E-state index is -0.449. The molecule has 0 bridgehead atoms. The molecule has 0 amide bonds. The number of esters is 1. The Labute approximate surface area is 165 Å². The zero-order valence-electron chi connectivity index (χ0n) is 15.3. The highest BCUT2D eigenvalue weighted by molar-refractivity contribution is 9.10. The maximum Gasteiger partial charge on any atom is 0.310 e. The van der Waals surface area contributed by atoms with Crippen molar-refractivity contribution in [2.45, 2.75) is 20.3 Å². The van der Waals surface area contributed by atoms with Crippen molar-refractivity contribution >= 4 is 32.8 Å². The van der Waals surface area contributed by atoms with E-state index in [0.717, 1.165) is 26.5 Å². The normalized spacial score (nSPS) is 10.9. The molecule has 2 aromatic carbocycles. The Morgan fingerprint density at radius 3 is 2.70 bits per heavy atom. The van der Waals surface area contributed by atoms with Gasteiger partial charge in [-0.25, -0.2) is 9.37 Å². The van der Waals surface area contributed by atoms with E-state index < -0.39 is 5.82 Å². The summed E-state index contributed by atoms with van der Waals surface area (Å²) in [6.07, 6.45) is 0.0875. The van der Waals surface area contributed by atoms with Crippen molar-refractivity contribution < 1.29 is 18.7 Å². The molecule has 0 atom stereocenters. The summed E-state index contributed by atoms with van der Waals surface area (Å²) in [6.45, 7) is 4.03. The molecular weight excluding hydrogens is 413 g/mol. The van der Waals surface area contributed by atoms with Gasteiger partial charge in [-0.2, -0.15) is 0 Å². The van der Waals surface area contributed by atoms with E-state index in [0.29, 0.717) is 17.9 Å². The monoisotopic (exact) mass is 431 g/mol. The molecule has 0 aliphatic rings. The number of benzene rings is 2. The van der Waals surface area contributed by atoms with Gasteiger partial charge in [0.15, 0.2) is 11.6 Å². The molecule has 0 fully saturated rings. The number of ether oxygens (including phenoxy) is 2. The van der Waals surface area contributed by atoms with E-state index in [-0.39, 0.29) is 18.1 Å². The maximum atomic E-state index is 13.8. The van der Waals surface area contributed by atoms with Crippen LogP contribution in [0.15, 0.2) is 40.9 Å². The first-order valence-corrected chi connectivity index (χ1v) is 9.32. The van der Waals surface area contributed by atoms with Crippen LogP contribution in [0, 0.1) is 12.7 Å². The Balaban J connectivity index is 2.25. The van der Waals surface area contributed by atoms with Crippen molar-refractivity contribution in [3.63, 3.8) is 0 Å². The largest absolute Gasteiger partial charge is 0.494 e. The van der Waals surface area contributed by atoms with E-state index >= 15 is 0 Å². The summed E-state index contributed by atoms with van der Waals surface area (Å²) >= 11 is 3.48. The maximum absolute atomic E-state index is 13.8. The zero-order valence-corrected chi connectivity index (χ0v) is 16.9. The van der Waals surface area contributed by atoms with E-state index in [9.17, 15) is 9.18 Å². The van der Waals surface area contributed by atoms with Crippen LogP contribution >= 0.6 is 15.9 Å². The summed E-state index contributed by atoms with van der Waals surface area (Å²) < 4.78 is 25.0. The van der Waals surface area contributed by atoms with E-state index in [1.165, 1.54) is 13.2 Å². The van der Waals surface area contributed by atoms with Gasteiger partial charge in [0.2, 0.25) is 0 Å². The molecule has 3 aromatic rings. The first-order chi connectivity index (χ1) is 12.9. The number of aryl methyl sites for hydroxylation is 1. The molecule has 0 radical (unpaired) electrons. The number of hydrogen-bond acceptors (Lipinski definition) is 4. The minimum absolute atomic E-state index is 0.0875. The molecule has 0 saturated heterocycles. The number of halogens is 2. The Kier molecular flexibility index (Phi) is 5.75. The predicted octanol–water partition coefficient (Wildman–Crippen LogP) is 5.23. The fourth-order valence-corrected chi connectivity index (χ4v) is 3.41. The van der Waals surface area contributed by atoms with Crippen LogP contribution in [0.25, 0.3) is 22.2 Å². The second kappa shape index (κ2) is 8.05. The number of nitrogens with zero attached hydrogens (tertiary/aromatic N) is 1. The molecule has 0 saturated carbocycles. The quantitative estimate of drug-likeness (QED) is 0.519. The molecule has 0 aliphatic carbocycles. The van der Waals surface area contributed by atoms with Crippen molar-refractivity contribution in [2.24, 2.45) is 0 Å². The second-order valence-corrected chi connectivity index (χ2v) is 6.97. The van der Waals surface area contributed by atoms with E-state index in [1.54, 1.807) is 19.1 Å². The summed E-state index contributed by atoms with van der Waals surface area (Å²) in [5, 5.41) is 0.946. The molecule has 27 heavy (non-hydrogen) atoms. The molecular formula is C21H19BrFNO3. The second-order valence-electron chi connectivity index (χ2n) is 6.06. The highest BCUT2D eigenvalue weighted by Gasteiger charge is 2.19. The molecule has 1 aromatic heterocycles. The van der Waals surface area contributed by atoms with Crippen LogP contribution in [0.5, 0.6) is 5.75 Å². The van der Waals surface area contributed by atoms with Crippen molar-refractivity contribution in [3.8, 4) is 17.0 Å². The lowest BCUT2D eigenvalue weighted by atomic mass is 9.95. The van der Waals surface area contributed by atoms with Crippen molar-refractivity contribution in [1.82, 2.24) is 4.98 Å². The molecule has 4 nitrogen and oxygen atoms in total. The first-order valence-electron chi connectivity index (χ1n) is 8.52. The van der Waals surface area contributed by atoms with Gasteiger partial charge in [-0.3, -0.25) is 4.79 Å². The number of carbonyl (C=O) groups excluding carboxylic acids is 1.